The largest absolute Gasteiger partial charge is 0.480 e. The number of carbonyl (C=O) groups excluding carboxylic acids is 1. The van der Waals surface area contributed by atoms with Crippen LogP contribution in [0.4, 0.5) is 5.69 Å². The molecular formula is C11H14N2O4. The third kappa shape index (κ3) is 5.53. The lowest BCUT2D eigenvalue weighted by molar-refractivity contribution is -0.143. The molecule has 0 saturated heterocycles. The van der Waals surface area contributed by atoms with Gasteiger partial charge in [-0.3, -0.25) is 4.79 Å². The van der Waals surface area contributed by atoms with Gasteiger partial charge in [-0.2, -0.15) is 0 Å². The highest BCUT2D eigenvalue weighted by atomic mass is 16.5. The predicted molar refractivity (Wildman–Crippen MR) is 61.2 cm³/mol. The van der Waals surface area contributed by atoms with Gasteiger partial charge >= 0.3 is 5.97 Å². The lowest BCUT2D eigenvalue weighted by atomic mass is 10.2. The van der Waals surface area contributed by atoms with E-state index in [9.17, 15) is 9.59 Å². The number of ether oxygens (including phenoxy) is 1. The van der Waals surface area contributed by atoms with Gasteiger partial charge in [-0.15, -0.1) is 0 Å². The Morgan fingerprint density at radius 3 is 2.47 bits per heavy atom. The van der Waals surface area contributed by atoms with Gasteiger partial charge in [0.2, 0.25) is 5.91 Å². The zero-order valence-electron chi connectivity index (χ0n) is 9.18. The molecule has 92 valence electrons. The number of aliphatic carboxylic acids is 1. The summed E-state index contributed by atoms with van der Waals surface area (Å²) in [6, 6.07) is 7.08. The van der Waals surface area contributed by atoms with Crippen LogP contribution in [-0.4, -0.2) is 30.2 Å². The molecule has 0 fully saturated rings. The highest BCUT2D eigenvalue weighted by Crippen LogP contribution is 2.04. The average molecular weight is 238 g/mol. The maximum absolute atomic E-state index is 11.2. The molecule has 0 heterocycles. The van der Waals surface area contributed by atoms with Gasteiger partial charge in [-0.1, -0.05) is 12.1 Å². The van der Waals surface area contributed by atoms with Crippen molar-refractivity contribution in [1.82, 2.24) is 5.32 Å². The van der Waals surface area contributed by atoms with E-state index in [2.05, 4.69) is 10.1 Å². The monoisotopic (exact) mass is 238 g/mol. The number of nitrogen functional groups attached to an aromatic ring is 1. The van der Waals surface area contributed by atoms with E-state index in [-0.39, 0.29) is 12.5 Å². The van der Waals surface area contributed by atoms with E-state index >= 15 is 0 Å². The Hall–Kier alpha value is -2.08. The third-order valence-electron chi connectivity index (χ3n) is 1.93. The van der Waals surface area contributed by atoms with Crippen molar-refractivity contribution in [3.8, 4) is 0 Å². The van der Waals surface area contributed by atoms with Crippen LogP contribution >= 0.6 is 0 Å². The molecule has 0 unspecified atom stereocenters. The molecule has 0 spiro atoms. The van der Waals surface area contributed by atoms with Crippen molar-refractivity contribution in [2.24, 2.45) is 0 Å². The second-order valence-electron chi connectivity index (χ2n) is 3.40. The van der Waals surface area contributed by atoms with E-state index in [0.717, 1.165) is 5.56 Å². The number of hydrogen-bond donors (Lipinski definition) is 3. The van der Waals surface area contributed by atoms with Crippen LogP contribution in [0.1, 0.15) is 5.56 Å². The topological polar surface area (TPSA) is 102 Å². The van der Waals surface area contributed by atoms with Crippen molar-refractivity contribution in [3.05, 3.63) is 29.8 Å². The molecule has 4 N–H and O–H groups in total. The minimum Gasteiger partial charge on any atom is -0.480 e. The molecule has 0 aromatic heterocycles. The minimum absolute atomic E-state index is 0.263. The Morgan fingerprint density at radius 2 is 1.88 bits per heavy atom. The summed E-state index contributed by atoms with van der Waals surface area (Å²) in [7, 11) is 0. The summed E-state index contributed by atoms with van der Waals surface area (Å²) in [5.74, 6) is -1.46. The Kier molecular flexibility index (Phi) is 4.96. The first-order chi connectivity index (χ1) is 8.08. The molecule has 0 radical (unpaired) electrons. The number of carboxylic acids is 1. The maximum Gasteiger partial charge on any atom is 0.329 e. The minimum atomic E-state index is -1.10. The Morgan fingerprint density at radius 1 is 1.24 bits per heavy atom. The van der Waals surface area contributed by atoms with Crippen LogP contribution in [0.15, 0.2) is 24.3 Å². The number of anilines is 1. The molecular weight excluding hydrogens is 224 g/mol. The van der Waals surface area contributed by atoms with Gasteiger partial charge in [-0.25, -0.2) is 4.79 Å². The van der Waals surface area contributed by atoms with E-state index < -0.39 is 12.6 Å². The first-order valence-corrected chi connectivity index (χ1v) is 4.98. The van der Waals surface area contributed by atoms with Crippen molar-refractivity contribution < 1.29 is 19.4 Å². The average Bonchev–Trinajstić information content (AvgIpc) is 2.28. The zero-order chi connectivity index (χ0) is 12.7. The highest BCUT2D eigenvalue weighted by Gasteiger charge is 2.03. The van der Waals surface area contributed by atoms with Crippen LogP contribution in [0.2, 0.25) is 0 Å². The van der Waals surface area contributed by atoms with Gasteiger partial charge in [0.1, 0.15) is 13.2 Å². The molecule has 1 aromatic carbocycles. The summed E-state index contributed by atoms with van der Waals surface area (Å²) in [4.78, 5) is 21.3. The summed E-state index contributed by atoms with van der Waals surface area (Å²) < 4.78 is 4.63. The molecule has 0 bridgehead atoms. The quantitative estimate of drug-likeness (QED) is 0.605. The molecule has 17 heavy (non-hydrogen) atoms. The maximum atomic E-state index is 11.2. The SMILES string of the molecule is Nc1ccc(CNC(=O)COCC(=O)O)cc1. The Labute approximate surface area is 98.4 Å². The van der Waals surface area contributed by atoms with Gasteiger partial charge in [0, 0.05) is 12.2 Å². The van der Waals surface area contributed by atoms with Crippen LogP contribution in [0.3, 0.4) is 0 Å². The normalized spacial score (nSPS) is 9.88. The molecule has 0 aliphatic carbocycles. The predicted octanol–water partition coefficient (Wildman–Crippen LogP) is -0.0138. The second kappa shape index (κ2) is 6.49. The first-order valence-electron chi connectivity index (χ1n) is 4.98. The molecule has 0 aliphatic heterocycles. The molecule has 1 amide bonds. The summed E-state index contributed by atoms with van der Waals surface area (Å²) in [5.41, 5.74) is 7.08. The Balaban J connectivity index is 2.23. The van der Waals surface area contributed by atoms with E-state index in [1.165, 1.54) is 0 Å². The van der Waals surface area contributed by atoms with E-state index in [0.29, 0.717) is 12.2 Å². The summed E-state index contributed by atoms with van der Waals surface area (Å²) >= 11 is 0. The van der Waals surface area contributed by atoms with E-state index in [1.54, 1.807) is 24.3 Å². The van der Waals surface area contributed by atoms with Crippen LogP contribution in [0, 0.1) is 0 Å². The smallest absolute Gasteiger partial charge is 0.329 e. The fraction of sp³-hybridized carbons (Fsp3) is 0.273. The number of benzene rings is 1. The number of amides is 1. The molecule has 0 saturated carbocycles. The van der Waals surface area contributed by atoms with Crippen molar-refractivity contribution in [2.45, 2.75) is 6.54 Å². The molecule has 1 aromatic rings. The highest BCUT2D eigenvalue weighted by molar-refractivity contribution is 5.77. The van der Waals surface area contributed by atoms with Crippen molar-refractivity contribution in [2.75, 3.05) is 18.9 Å². The third-order valence-corrected chi connectivity index (χ3v) is 1.93. The standard InChI is InChI=1S/C11H14N2O4/c12-9-3-1-8(2-4-9)5-13-10(14)6-17-7-11(15)16/h1-4H,5-7,12H2,(H,13,14)(H,15,16). The van der Waals surface area contributed by atoms with Gasteiger partial charge in [-0.05, 0) is 17.7 Å². The number of rotatable bonds is 6. The lowest BCUT2D eigenvalue weighted by Crippen LogP contribution is -2.28. The number of nitrogens with one attached hydrogen (secondary N) is 1. The summed E-state index contributed by atoms with van der Waals surface area (Å²) in [6.45, 7) is -0.383. The molecule has 0 aliphatic rings. The van der Waals surface area contributed by atoms with Crippen molar-refractivity contribution >= 4 is 17.6 Å². The zero-order valence-corrected chi connectivity index (χ0v) is 9.18. The Bertz CT molecular complexity index is 389. The van der Waals surface area contributed by atoms with Crippen LogP contribution in [0.5, 0.6) is 0 Å². The van der Waals surface area contributed by atoms with Crippen molar-refractivity contribution in [3.63, 3.8) is 0 Å². The number of carboxylic acid groups (broad SMARTS) is 1. The van der Waals surface area contributed by atoms with Gasteiger partial charge in [0.15, 0.2) is 0 Å². The van der Waals surface area contributed by atoms with Gasteiger partial charge in [0.25, 0.3) is 0 Å². The van der Waals surface area contributed by atoms with E-state index in [1.807, 2.05) is 0 Å². The number of hydrogen-bond acceptors (Lipinski definition) is 4. The van der Waals surface area contributed by atoms with Gasteiger partial charge in [0.05, 0.1) is 0 Å². The summed E-state index contributed by atoms with van der Waals surface area (Å²) in [6.07, 6.45) is 0. The summed E-state index contributed by atoms with van der Waals surface area (Å²) in [5, 5.41) is 10.9. The number of nitrogens with two attached hydrogens (primary N) is 1. The fourth-order valence-corrected chi connectivity index (χ4v) is 1.12. The fourth-order valence-electron chi connectivity index (χ4n) is 1.12. The van der Waals surface area contributed by atoms with E-state index in [4.69, 9.17) is 10.8 Å². The van der Waals surface area contributed by atoms with Crippen molar-refractivity contribution in [1.29, 1.82) is 0 Å². The second-order valence-corrected chi connectivity index (χ2v) is 3.40. The molecule has 1 rings (SSSR count). The van der Waals surface area contributed by atoms with Gasteiger partial charge < -0.3 is 20.9 Å². The van der Waals surface area contributed by atoms with Crippen LogP contribution in [0.25, 0.3) is 0 Å². The first kappa shape index (κ1) is 13.0. The van der Waals surface area contributed by atoms with Crippen LogP contribution in [-0.2, 0) is 20.9 Å². The van der Waals surface area contributed by atoms with Crippen LogP contribution < -0.4 is 11.1 Å². The lowest BCUT2D eigenvalue weighted by Gasteiger charge is -2.05. The molecule has 6 heteroatoms. The molecule has 6 nitrogen and oxygen atoms in total. The number of carbonyl (C=O) groups is 2. The molecule has 0 atom stereocenters.